The highest BCUT2D eigenvalue weighted by Gasteiger charge is 2.47. The van der Waals surface area contributed by atoms with E-state index in [0.29, 0.717) is 0 Å². The number of nitrogens with zero attached hydrogens (tertiary/aromatic N) is 2. The van der Waals surface area contributed by atoms with Crippen LogP contribution >= 0.6 is 11.8 Å². The minimum absolute atomic E-state index is 0.110. The fourth-order valence-electron chi connectivity index (χ4n) is 2.87. The molecule has 0 N–H and O–H groups in total. The second-order valence-electron chi connectivity index (χ2n) is 5.94. The molecule has 0 bridgehead atoms. The normalized spacial score (nSPS) is 25.1. The van der Waals surface area contributed by atoms with Gasteiger partial charge in [0, 0.05) is 11.4 Å². The molecule has 1 aromatic rings. The average molecular weight is 352 g/mol. The summed E-state index contributed by atoms with van der Waals surface area (Å²) in [6, 6.07) is 7.38. The molecule has 2 aliphatic rings. The zero-order chi connectivity index (χ0) is 16.6. The molecule has 2 atom stereocenters. The largest absolute Gasteiger partial charge is 0.497 e. The first-order valence-corrected chi connectivity index (χ1v) is 10.2. The Morgan fingerprint density at radius 2 is 2.09 bits per heavy atom. The molecule has 5 nitrogen and oxygen atoms in total. The number of anilines is 1. The van der Waals surface area contributed by atoms with Crippen molar-refractivity contribution >= 4 is 32.5 Å². The van der Waals surface area contributed by atoms with E-state index in [0.717, 1.165) is 27.9 Å². The van der Waals surface area contributed by atoms with Gasteiger partial charge in [-0.2, -0.15) is 0 Å². The fourth-order valence-corrected chi connectivity index (χ4v) is 5.68. The second kappa shape index (κ2) is 6.20. The SMILES string of the molecule is C=C(C)CSC1=N[C@H]2CS(=O)(=O)C[C@H]2N1c1ccc(OC)cc1. The maximum atomic E-state index is 12.0. The van der Waals surface area contributed by atoms with Crippen LogP contribution in [0.25, 0.3) is 0 Å². The van der Waals surface area contributed by atoms with Gasteiger partial charge in [0.15, 0.2) is 15.0 Å². The molecule has 0 unspecified atom stereocenters. The summed E-state index contributed by atoms with van der Waals surface area (Å²) in [5.74, 6) is 1.85. The van der Waals surface area contributed by atoms with Crippen LogP contribution in [0.2, 0.25) is 0 Å². The third kappa shape index (κ3) is 3.40. The minimum Gasteiger partial charge on any atom is -0.497 e. The summed E-state index contributed by atoms with van der Waals surface area (Å²) < 4.78 is 29.1. The van der Waals surface area contributed by atoms with Gasteiger partial charge >= 0.3 is 0 Å². The maximum Gasteiger partial charge on any atom is 0.164 e. The van der Waals surface area contributed by atoms with Crippen LogP contribution < -0.4 is 9.64 Å². The number of aliphatic imine (C=N–C) groups is 1. The number of methoxy groups -OCH3 is 1. The molecule has 1 aromatic carbocycles. The van der Waals surface area contributed by atoms with Crippen LogP contribution in [0.4, 0.5) is 5.69 Å². The van der Waals surface area contributed by atoms with E-state index in [1.54, 1.807) is 18.9 Å². The van der Waals surface area contributed by atoms with Crippen LogP contribution in [0.5, 0.6) is 5.75 Å². The monoisotopic (exact) mass is 352 g/mol. The van der Waals surface area contributed by atoms with Crippen molar-refractivity contribution in [3.63, 3.8) is 0 Å². The summed E-state index contributed by atoms with van der Waals surface area (Å²) in [6.07, 6.45) is 0. The van der Waals surface area contributed by atoms with Crippen LogP contribution in [0.3, 0.4) is 0 Å². The molecule has 2 aliphatic heterocycles. The molecular weight excluding hydrogens is 332 g/mol. The Morgan fingerprint density at radius 3 is 2.70 bits per heavy atom. The summed E-state index contributed by atoms with van der Waals surface area (Å²) in [5.41, 5.74) is 2.01. The molecule has 23 heavy (non-hydrogen) atoms. The van der Waals surface area contributed by atoms with Crippen molar-refractivity contribution in [1.29, 1.82) is 0 Å². The van der Waals surface area contributed by atoms with Gasteiger partial charge in [0.2, 0.25) is 0 Å². The van der Waals surface area contributed by atoms with Gasteiger partial charge in [-0.15, -0.1) is 0 Å². The number of fused-ring (bicyclic) bond motifs is 1. The topological polar surface area (TPSA) is 59.0 Å². The van der Waals surface area contributed by atoms with E-state index >= 15 is 0 Å². The zero-order valence-electron chi connectivity index (χ0n) is 13.2. The molecule has 7 heteroatoms. The highest BCUT2D eigenvalue weighted by Crippen LogP contribution is 2.35. The molecule has 0 radical (unpaired) electrons. The maximum absolute atomic E-state index is 12.0. The number of hydrogen-bond donors (Lipinski definition) is 0. The lowest BCUT2D eigenvalue weighted by molar-refractivity contribution is 0.415. The van der Waals surface area contributed by atoms with Crippen LogP contribution in [0.15, 0.2) is 41.4 Å². The van der Waals surface area contributed by atoms with Crippen molar-refractivity contribution in [2.75, 3.05) is 29.3 Å². The second-order valence-corrected chi connectivity index (χ2v) is 9.03. The van der Waals surface area contributed by atoms with E-state index in [1.807, 2.05) is 31.2 Å². The van der Waals surface area contributed by atoms with E-state index in [-0.39, 0.29) is 23.6 Å². The fraction of sp³-hybridized carbons (Fsp3) is 0.438. The number of rotatable bonds is 4. The van der Waals surface area contributed by atoms with Crippen molar-refractivity contribution in [2.45, 2.75) is 19.0 Å². The van der Waals surface area contributed by atoms with Gasteiger partial charge in [0.1, 0.15) is 5.75 Å². The number of ether oxygens (including phenoxy) is 1. The lowest BCUT2D eigenvalue weighted by atomic mass is 10.1. The highest BCUT2D eigenvalue weighted by molar-refractivity contribution is 8.14. The quantitative estimate of drug-likeness (QED) is 0.779. The summed E-state index contributed by atoms with van der Waals surface area (Å²) in [6.45, 7) is 5.90. The lowest BCUT2D eigenvalue weighted by Crippen LogP contribution is -2.39. The van der Waals surface area contributed by atoms with Gasteiger partial charge in [-0.1, -0.05) is 23.9 Å². The summed E-state index contributed by atoms with van der Waals surface area (Å²) >= 11 is 1.61. The molecule has 0 aliphatic carbocycles. The predicted molar refractivity (Wildman–Crippen MR) is 96.4 cm³/mol. The Labute approximate surface area is 141 Å². The number of benzene rings is 1. The van der Waals surface area contributed by atoms with Crippen molar-refractivity contribution in [3.05, 3.63) is 36.4 Å². The van der Waals surface area contributed by atoms with E-state index in [2.05, 4.69) is 16.5 Å². The zero-order valence-corrected chi connectivity index (χ0v) is 14.9. The predicted octanol–water partition coefficient (Wildman–Crippen LogP) is 2.35. The first-order chi connectivity index (χ1) is 10.9. The van der Waals surface area contributed by atoms with Crippen LogP contribution in [-0.4, -0.2) is 50.0 Å². The van der Waals surface area contributed by atoms with Gasteiger partial charge in [0.05, 0.1) is 30.7 Å². The number of thioether (sulfide) groups is 1. The smallest absolute Gasteiger partial charge is 0.164 e. The Bertz CT molecular complexity index is 741. The summed E-state index contributed by atoms with van der Waals surface area (Å²) in [7, 11) is -1.39. The molecule has 0 aromatic heterocycles. The average Bonchev–Trinajstić information content (AvgIpc) is 2.96. The first-order valence-electron chi connectivity index (χ1n) is 7.38. The molecule has 3 rings (SSSR count). The van der Waals surface area contributed by atoms with Crippen LogP contribution in [0, 0.1) is 0 Å². The Hall–Kier alpha value is -1.47. The van der Waals surface area contributed by atoms with Gasteiger partial charge < -0.3 is 9.64 Å². The van der Waals surface area contributed by atoms with Crippen LogP contribution in [0.1, 0.15) is 6.92 Å². The third-order valence-electron chi connectivity index (χ3n) is 3.91. The van der Waals surface area contributed by atoms with Gasteiger partial charge in [0.25, 0.3) is 0 Å². The molecule has 124 valence electrons. The van der Waals surface area contributed by atoms with Gasteiger partial charge in [-0.3, -0.25) is 4.99 Å². The lowest BCUT2D eigenvalue weighted by Gasteiger charge is -2.26. The molecule has 0 spiro atoms. The highest BCUT2D eigenvalue weighted by atomic mass is 32.2. The van der Waals surface area contributed by atoms with Crippen molar-refractivity contribution in [2.24, 2.45) is 4.99 Å². The van der Waals surface area contributed by atoms with Gasteiger partial charge in [-0.25, -0.2) is 8.42 Å². The number of amidine groups is 1. The van der Waals surface area contributed by atoms with Gasteiger partial charge in [-0.05, 0) is 31.2 Å². The number of hydrogen-bond acceptors (Lipinski definition) is 6. The molecule has 0 amide bonds. The molecule has 0 saturated carbocycles. The molecule has 1 saturated heterocycles. The molecule has 1 fully saturated rings. The van der Waals surface area contributed by atoms with E-state index in [4.69, 9.17) is 4.74 Å². The van der Waals surface area contributed by atoms with E-state index in [9.17, 15) is 8.42 Å². The van der Waals surface area contributed by atoms with E-state index in [1.165, 1.54) is 0 Å². The summed E-state index contributed by atoms with van der Waals surface area (Å²) in [5, 5.41) is 0.878. The van der Waals surface area contributed by atoms with Crippen molar-refractivity contribution in [3.8, 4) is 5.75 Å². The summed E-state index contributed by atoms with van der Waals surface area (Å²) in [4.78, 5) is 6.73. The van der Waals surface area contributed by atoms with Crippen molar-refractivity contribution < 1.29 is 13.2 Å². The van der Waals surface area contributed by atoms with Crippen molar-refractivity contribution in [1.82, 2.24) is 0 Å². The molecule has 2 heterocycles. The van der Waals surface area contributed by atoms with Crippen LogP contribution in [-0.2, 0) is 9.84 Å². The Kier molecular flexibility index (Phi) is 4.42. The Balaban J connectivity index is 1.91. The third-order valence-corrected chi connectivity index (χ3v) is 6.80. The minimum atomic E-state index is -3.01. The van der Waals surface area contributed by atoms with E-state index < -0.39 is 9.84 Å². The molecular formula is C16H20N2O3S2. The Morgan fingerprint density at radius 1 is 1.39 bits per heavy atom. The first kappa shape index (κ1) is 16.4. The number of sulfone groups is 1. The standard InChI is InChI=1S/C16H20N2O3S2/c1-11(2)8-22-16-17-14-9-23(19,20)10-15(14)18(16)12-4-6-13(21-3)7-5-12/h4-7,14-15H,1,8-10H2,2-3H3/t14-,15+/m0/s1.